The van der Waals surface area contributed by atoms with Gasteiger partial charge >= 0.3 is 5.97 Å². The molecule has 3 aromatic rings. The Morgan fingerprint density at radius 1 is 1.17 bits per heavy atom. The van der Waals surface area contributed by atoms with E-state index < -0.39 is 0 Å². The Labute approximate surface area is 173 Å². The van der Waals surface area contributed by atoms with Crippen molar-refractivity contribution < 1.29 is 14.3 Å². The molecule has 0 aliphatic rings. The minimum atomic E-state index is -0.357. The van der Waals surface area contributed by atoms with Crippen molar-refractivity contribution in [3.63, 3.8) is 0 Å². The van der Waals surface area contributed by atoms with Crippen LogP contribution in [0, 0.1) is 13.8 Å². The van der Waals surface area contributed by atoms with Gasteiger partial charge in [-0.2, -0.15) is 4.98 Å². The van der Waals surface area contributed by atoms with Crippen LogP contribution in [0.2, 0.25) is 0 Å². The van der Waals surface area contributed by atoms with E-state index in [0.717, 1.165) is 24.2 Å². The van der Waals surface area contributed by atoms with Gasteiger partial charge in [0.05, 0.1) is 17.9 Å². The quantitative estimate of drug-likeness (QED) is 0.343. The lowest BCUT2D eigenvalue weighted by Crippen LogP contribution is -2.14. The molecule has 0 radical (unpaired) electrons. The van der Waals surface area contributed by atoms with Gasteiger partial charge in [-0.3, -0.25) is 4.79 Å². The molecule has 1 amide bonds. The summed E-state index contributed by atoms with van der Waals surface area (Å²) >= 11 is 1.24. The average Bonchev–Trinajstić information content (AvgIpc) is 3.10. The number of thioether (sulfide) groups is 1. The fourth-order valence-electron chi connectivity index (χ4n) is 2.62. The average molecular weight is 414 g/mol. The second-order valence-electron chi connectivity index (χ2n) is 6.55. The summed E-state index contributed by atoms with van der Waals surface area (Å²) in [5, 5.41) is 7.66. The van der Waals surface area contributed by atoms with Gasteiger partial charge in [0.1, 0.15) is 0 Å². The van der Waals surface area contributed by atoms with Gasteiger partial charge in [0.2, 0.25) is 11.1 Å². The monoisotopic (exact) mass is 413 g/mol. The molecule has 152 valence electrons. The molecule has 1 N–H and O–H groups in total. The smallest absolute Gasteiger partial charge is 0.338 e. The first-order chi connectivity index (χ1) is 14.0. The number of hydrogen-bond donors (Lipinski definition) is 1. The van der Waals surface area contributed by atoms with E-state index >= 15 is 0 Å². The summed E-state index contributed by atoms with van der Waals surface area (Å²) in [6.07, 6.45) is 1.81. The molecule has 9 heteroatoms. The molecule has 2 aromatic heterocycles. The first-order valence-corrected chi connectivity index (χ1v) is 10.4. The van der Waals surface area contributed by atoms with Gasteiger partial charge in [-0.1, -0.05) is 25.1 Å². The van der Waals surface area contributed by atoms with Crippen LogP contribution in [0.5, 0.6) is 0 Å². The van der Waals surface area contributed by atoms with Crippen LogP contribution in [0.3, 0.4) is 0 Å². The molecule has 0 aliphatic heterocycles. The third-order valence-electron chi connectivity index (χ3n) is 4.07. The maximum absolute atomic E-state index is 12.2. The predicted molar refractivity (Wildman–Crippen MR) is 111 cm³/mol. The third-order valence-corrected chi connectivity index (χ3v) is 4.90. The second-order valence-corrected chi connectivity index (χ2v) is 7.49. The van der Waals surface area contributed by atoms with Gasteiger partial charge in [0, 0.05) is 17.1 Å². The largest absolute Gasteiger partial charge is 0.462 e. The van der Waals surface area contributed by atoms with Gasteiger partial charge in [-0.05, 0) is 50.6 Å². The van der Waals surface area contributed by atoms with Gasteiger partial charge in [0.25, 0.3) is 5.78 Å². The normalized spacial score (nSPS) is 10.9. The number of unbranched alkanes of at least 4 members (excludes halogenated alkanes) is 1. The Hall–Kier alpha value is -2.94. The van der Waals surface area contributed by atoms with E-state index in [-0.39, 0.29) is 17.6 Å². The van der Waals surface area contributed by atoms with Gasteiger partial charge in [-0.15, -0.1) is 5.10 Å². The minimum Gasteiger partial charge on any atom is -0.462 e. The molecule has 1 aromatic carbocycles. The molecule has 0 unspecified atom stereocenters. The van der Waals surface area contributed by atoms with E-state index in [9.17, 15) is 9.59 Å². The summed E-state index contributed by atoms with van der Waals surface area (Å²) in [5.74, 6) is 0.138. The number of aryl methyl sites for hydroxylation is 2. The Balaban J connectivity index is 1.53. The van der Waals surface area contributed by atoms with Crippen LogP contribution in [-0.4, -0.2) is 43.8 Å². The highest BCUT2D eigenvalue weighted by molar-refractivity contribution is 7.99. The van der Waals surface area contributed by atoms with Crippen molar-refractivity contribution in [3.8, 4) is 0 Å². The molecular formula is C20H23N5O3S. The number of hydrogen-bond acceptors (Lipinski definition) is 7. The fraction of sp³-hybridized carbons (Fsp3) is 0.350. The van der Waals surface area contributed by atoms with E-state index in [2.05, 4.69) is 20.4 Å². The van der Waals surface area contributed by atoms with Crippen LogP contribution < -0.4 is 5.32 Å². The van der Waals surface area contributed by atoms with E-state index in [1.165, 1.54) is 11.8 Å². The van der Waals surface area contributed by atoms with Crippen molar-refractivity contribution in [2.45, 2.75) is 38.8 Å². The first kappa shape index (κ1) is 20.8. The number of amides is 1. The van der Waals surface area contributed by atoms with Crippen molar-refractivity contribution in [1.82, 2.24) is 19.6 Å². The van der Waals surface area contributed by atoms with Crippen molar-refractivity contribution in [1.29, 1.82) is 0 Å². The molecule has 0 bridgehead atoms. The highest BCUT2D eigenvalue weighted by atomic mass is 32.2. The standard InChI is InChI=1S/C20H23N5O3S/c1-4-5-10-28-18(27)15-6-8-16(9-7-15)22-17(26)12-29-20-23-19-21-13(2)11-14(3)25(19)24-20/h6-9,11H,4-5,10,12H2,1-3H3,(H,22,26). The zero-order chi connectivity index (χ0) is 20.8. The lowest BCUT2D eigenvalue weighted by molar-refractivity contribution is -0.113. The highest BCUT2D eigenvalue weighted by Gasteiger charge is 2.11. The number of carbonyl (C=O) groups is 2. The molecule has 0 spiro atoms. The van der Waals surface area contributed by atoms with E-state index in [1.807, 2.05) is 26.8 Å². The van der Waals surface area contributed by atoms with Gasteiger partial charge < -0.3 is 10.1 Å². The van der Waals surface area contributed by atoms with Crippen LogP contribution in [0.25, 0.3) is 5.78 Å². The second kappa shape index (κ2) is 9.51. The van der Waals surface area contributed by atoms with Crippen molar-refractivity contribution in [2.24, 2.45) is 0 Å². The summed E-state index contributed by atoms with van der Waals surface area (Å²) in [6, 6.07) is 8.55. The van der Waals surface area contributed by atoms with Crippen LogP contribution in [0.1, 0.15) is 41.5 Å². The molecule has 0 saturated carbocycles. The van der Waals surface area contributed by atoms with E-state index in [4.69, 9.17) is 4.74 Å². The van der Waals surface area contributed by atoms with Crippen LogP contribution in [-0.2, 0) is 9.53 Å². The lowest BCUT2D eigenvalue weighted by atomic mass is 10.2. The van der Waals surface area contributed by atoms with Crippen LogP contribution in [0.15, 0.2) is 35.5 Å². The summed E-state index contributed by atoms with van der Waals surface area (Å²) in [4.78, 5) is 32.8. The molecule has 8 nitrogen and oxygen atoms in total. The van der Waals surface area contributed by atoms with Crippen molar-refractivity contribution >= 4 is 35.1 Å². The fourth-order valence-corrected chi connectivity index (χ4v) is 3.24. The summed E-state index contributed by atoms with van der Waals surface area (Å²) in [7, 11) is 0. The van der Waals surface area contributed by atoms with E-state index in [0.29, 0.717) is 28.8 Å². The van der Waals surface area contributed by atoms with Crippen LogP contribution >= 0.6 is 11.8 Å². The Kier molecular flexibility index (Phi) is 6.82. The Morgan fingerprint density at radius 3 is 2.66 bits per heavy atom. The topological polar surface area (TPSA) is 98.5 Å². The zero-order valence-corrected chi connectivity index (χ0v) is 17.5. The maximum Gasteiger partial charge on any atom is 0.338 e. The van der Waals surface area contributed by atoms with Crippen molar-refractivity contribution in [2.75, 3.05) is 17.7 Å². The molecule has 29 heavy (non-hydrogen) atoms. The van der Waals surface area contributed by atoms with Gasteiger partial charge in [0.15, 0.2) is 0 Å². The Bertz CT molecular complexity index is 1020. The molecule has 0 atom stereocenters. The SMILES string of the molecule is CCCCOC(=O)c1ccc(NC(=O)CSc2nc3nc(C)cc(C)n3n2)cc1. The molecule has 2 heterocycles. The summed E-state index contributed by atoms with van der Waals surface area (Å²) < 4.78 is 6.83. The zero-order valence-electron chi connectivity index (χ0n) is 16.6. The van der Waals surface area contributed by atoms with Crippen molar-refractivity contribution in [3.05, 3.63) is 47.3 Å². The number of anilines is 1. The number of esters is 1. The minimum absolute atomic E-state index is 0.162. The molecule has 3 rings (SSSR count). The third kappa shape index (κ3) is 5.54. The molecule has 0 saturated heterocycles. The number of ether oxygens (including phenoxy) is 1. The molecule has 0 fully saturated rings. The number of fused-ring (bicyclic) bond motifs is 1. The summed E-state index contributed by atoms with van der Waals surface area (Å²) in [5.41, 5.74) is 2.87. The molecular weight excluding hydrogens is 390 g/mol. The number of aromatic nitrogens is 4. The lowest BCUT2D eigenvalue weighted by Gasteiger charge is -2.06. The number of benzene rings is 1. The highest BCUT2D eigenvalue weighted by Crippen LogP contribution is 2.17. The summed E-state index contributed by atoms with van der Waals surface area (Å²) in [6.45, 7) is 6.28. The number of nitrogens with one attached hydrogen (secondary N) is 1. The number of rotatable bonds is 8. The predicted octanol–water partition coefficient (Wildman–Crippen LogP) is 3.43. The van der Waals surface area contributed by atoms with Crippen LogP contribution in [0.4, 0.5) is 5.69 Å². The first-order valence-electron chi connectivity index (χ1n) is 9.37. The van der Waals surface area contributed by atoms with Gasteiger partial charge in [-0.25, -0.2) is 14.3 Å². The van der Waals surface area contributed by atoms with E-state index in [1.54, 1.807) is 28.8 Å². The number of nitrogens with zero attached hydrogens (tertiary/aromatic N) is 4. The molecule has 0 aliphatic carbocycles. The number of carbonyl (C=O) groups excluding carboxylic acids is 2. The Morgan fingerprint density at radius 2 is 1.93 bits per heavy atom. The maximum atomic E-state index is 12.2.